The van der Waals surface area contributed by atoms with Crippen LogP contribution in [0.2, 0.25) is 5.02 Å². The number of nitriles is 1. The third-order valence-corrected chi connectivity index (χ3v) is 4.70. The van der Waals surface area contributed by atoms with Gasteiger partial charge in [-0.05, 0) is 62.2 Å². The molecule has 0 spiro atoms. The second-order valence-corrected chi connectivity index (χ2v) is 6.70. The van der Waals surface area contributed by atoms with Crippen LogP contribution in [0.5, 0.6) is 0 Å². The molecule has 0 bridgehead atoms. The van der Waals surface area contributed by atoms with E-state index in [1.54, 1.807) is 12.1 Å². The molecule has 0 saturated heterocycles. The lowest BCUT2D eigenvalue weighted by molar-refractivity contribution is 0.627. The molecule has 3 rings (SSSR count). The van der Waals surface area contributed by atoms with Crippen molar-refractivity contribution < 1.29 is 4.39 Å². The fourth-order valence-electron chi connectivity index (χ4n) is 3.02. The predicted octanol–water partition coefficient (Wildman–Crippen LogP) is 6.26. The topological polar surface area (TPSA) is 28.7 Å². The molecule has 26 heavy (non-hydrogen) atoms. The highest BCUT2D eigenvalue weighted by molar-refractivity contribution is 6.30. The van der Waals surface area contributed by atoms with Crippen molar-refractivity contribution in [3.8, 4) is 11.8 Å². The molecule has 0 unspecified atom stereocenters. The van der Waals surface area contributed by atoms with Gasteiger partial charge >= 0.3 is 0 Å². The fraction of sp³-hybridized carbons (Fsp3) is 0.136. The van der Waals surface area contributed by atoms with Crippen molar-refractivity contribution in [3.63, 3.8) is 0 Å². The molecule has 0 N–H and O–H groups in total. The summed E-state index contributed by atoms with van der Waals surface area (Å²) < 4.78 is 15.5. The van der Waals surface area contributed by atoms with Gasteiger partial charge < -0.3 is 4.57 Å². The maximum atomic E-state index is 13.5. The maximum absolute atomic E-state index is 13.5. The van der Waals surface area contributed by atoms with Crippen molar-refractivity contribution in [1.29, 1.82) is 5.26 Å². The molecule has 1 aromatic heterocycles. The van der Waals surface area contributed by atoms with Gasteiger partial charge in [-0.25, -0.2) is 4.39 Å². The molecule has 0 radical (unpaired) electrons. The van der Waals surface area contributed by atoms with Gasteiger partial charge in [0.05, 0.1) is 16.7 Å². The monoisotopic (exact) mass is 364 g/mol. The summed E-state index contributed by atoms with van der Waals surface area (Å²) >= 11 is 5.93. The molecule has 0 aliphatic rings. The zero-order valence-electron chi connectivity index (χ0n) is 14.8. The summed E-state index contributed by atoms with van der Waals surface area (Å²) in [5.41, 5.74) is 6.31. The van der Waals surface area contributed by atoms with E-state index in [0.29, 0.717) is 5.57 Å². The standard InChI is InChI=1S/C22H18ClFN2/c1-14-4-6-17(7-5-14)19(13-25)11-18-10-15(2)26(16(18)3)20-8-9-22(24)21(23)12-20/h4-12H,1-3H3/b19-11-. The van der Waals surface area contributed by atoms with Gasteiger partial charge in [-0.3, -0.25) is 0 Å². The molecular weight excluding hydrogens is 347 g/mol. The molecule has 2 aromatic carbocycles. The Kier molecular flexibility index (Phi) is 4.97. The first kappa shape index (κ1) is 18.0. The highest BCUT2D eigenvalue weighted by Crippen LogP contribution is 2.27. The minimum Gasteiger partial charge on any atom is -0.318 e. The average molecular weight is 365 g/mol. The van der Waals surface area contributed by atoms with Crippen LogP contribution in [0.3, 0.4) is 0 Å². The lowest BCUT2D eigenvalue weighted by Gasteiger charge is -2.10. The van der Waals surface area contributed by atoms with Crippen molar-refractivity contribution in [2.75, 3.05) is 0 Å². The van der Waals surface area contributed by atoms with E-state index in [9.17, 15) is 9.65 Å². The van der Waals surface area contributed by atoms with Crippen LogP contribution in [0.25, 0.3) is 17.3 Å². The number of rotatable bonds is 3. The van der Waals surface area contributed by atoms with Gasteiger partial charge in [0.1, 0.15) is 5.82 Å². The lowest BCUT2D eigenvalue weighted by atomic mass is 10.0. The minimum absolute atomic E-state index is 0.0875. The molecule has 3 aromatic rings. The van der Waals surface area contributed by atoms with E-state index in [-0.39, 0.29) is 5.02 Å². The van der Waals surface area contributed by atoms with Crippen molar-refractivity contribution >= 4 is 23.3 Å². The first-order chi connectivity index (χ1) is 12.4. The highest BCUT2D eigenvalue weighted by Gasteiger charge is 2.12. The molecule has 0 aliphatic carbocycles. The van der Waals surface area contributed by atoms with Crippen molar-refractivity contribution in [2.24, 2.45) is 0 Å². The predicted molar refractivity (Wildman–Crippen MR) is 105 cm³/mol. The second kappa shape index (κ2) is 7.19. The summed E-state index contributed by atoms with van der Waals surface area (Å²) in [7, 11) is 0. The Morgan fingerprint density at radius 3 is 2.38 bits per heavy atom. The largest absolute Gasteiger partial charge is 0.318 e. The Morgan fingerprint density at radius 1 is 1.08 bits per heavy atom. The van der Waals surface area contributed by atoms with E-state index in [4.69, 9.17) is 11.6 Å². The van der Waals surface area contributed by atoms with Crippen molar-refractivity contribution in [3.05, 3.63) is 87.4 Å². The Balaban J connectivity index is 2.08. The second-order valence-electron chi connectivity index (χ2n) is 6.30. The Morgan fingerprint density at radius 2 is 1.77 bits per heavy atom. The zero-order chi connectivity index (χ0) is 18.8. The summed E-state index contributed by atoms with van der Waals surface area (Å²) in [6, 6.07) is 16.8. The molecule has 1 heterocycles. The molecule has 0 atom stereocenters. The molecule has 0 aliphatic heterocycles. The smallest absolute Gasteiger partial charge is 0.141 e. The van der Waals surface area contributed by atoms with Crippen LogP contribution in [-0.4, -0.2) is 4.57 Å². The summed E-state index contributed by atoms with van der Waals surface area (Å²) in [5, 5.41) is 9.66. The van der Waals surface area contributed by atoms with Gasteiger partial charge in [0, 0.05) is 17.1 Å². The van der Waals surface area contributed by atoms with Gasteiger partial charge in [0.15, 0.2) is 0 Å². The zero-order valence-corrected chi connectivity index (χ0v) is 15.6. The van der Waals surface area contributed by atoms with Crippen LogP contribution in [-0.2, 0) is 0 Å². The van der Waals surface area contributed by atoms with E-state index in [1.807, 2.05) is 61.7 Å². The van der Waals surface area contributed by atoms with Crippen LogP contribution in [0.15, 0.2) is 48.5 Å². The number of benzene rings is 2. The van der Waals surface area contributed by atoms with Crippen molar-refractivity contribution in [2.45, 2.75) is 20.8 Å². The van der Waals surface area contributed by atoms with Gasteiger partial charge in [0.2, 0.25) is 0 Å². The molecule has 0 fully saturated rings. The maximum Gasteiger partial charge on any atom is 0.141 e. The van der Waals surface area contributed by atoms with Crippen LogP contribution in [0, 0.1) is 37.9 Å². The third kappa shape index (κ3) is 3.42. The molecule has 130 valence electrons. The first-order valence-electron chi connectivity index (χ1n) is 8.24. The third-order valence-electron chi connectivity index (χ3n) is 4.41. The van der Waals surface area contributed by atoms with Gasteiger partial charge in [-0.15, -0.1) is 0 Å². The molecule has 4 heteroatoms. The molecular formula is C22H18ClFN2. The number of aryl methyl sites for hydroxylation is 2. The number of halogens is 2. The number of allylic oxidation sites excluding steroid dienone is 1. The van der Waals surface area contributed by atoms with E-state index in [1.165, 1.54) is 6.07 Å². The first-order valence-corrected chi connectivity index (χ1v) is 8.61. The Hall–Kier alpha value is -2.83. The van der Waals surface area contributed by atoms with Crippen LogP contribution >= 0.6 is 11.6 Å². The molecule has 0 saturated carbocycles. The van der Waals surface area contributed by atoms with Crippen LogP contribution < -0.4 is 0 Å². The number of aromatic nitrogens is 1. The summed E-state index contributed by atoms with van der Waals surface area (Å²) in [5.74, 6) is -0.441. The molecule has 2 nitrogen and oxygen atoms in total. The van der Waals surface area contributed by atoms with E-state index in [2.05, 4.69) is 6.07 Å². The van der Waals surface area contributed by atoms with Gasteiger partial charge in [-0.1, -0.05) is 41.4 Å². The van der Waals surface area contributed by atoms with Gasteiger partial charge in [0.25, 0.3) is 0 Å². The SMILES string of the molecule is Cc1ccc(/C(C#N)=C\c2cc(C)n(-c3ccc(F)c(Cl)c3)c2C)cc1. The summed E-state index contributed by atoms with van der Waals surface area (Å²) in [6.07, 6.45) is 1.88. The van der Waals surface area contributed by atoms with Gasteiger partial charge in [-0.2, -0.15) is 5.26 Å². The van der Waals surface area contributed by atoms with E-state index >= 15 is 0 Å². The summed E-state index contributed by atoms with van der Waals surface area (Å²) in [4.78, 5) is 0. The lowest BCUT2D eigenvalue weighted by Crippen LogP contribution is -1.99. The minimum atomic E-state index is -0.441. The number of nitrogens with zero attached hydrogens (tertiary/aromatic N) is 2. The highest BCUT2D eigenvalue weighted by atomic mass is 35.5. The van der Waals surface area contributed by atoms with E-state index in [0.717, 1.165) is 33.8 Å². The quantitative estimate of drug-likeness (QED) is 0.504. The number of hydrogen-bond donors (Lipinski definition) is 0. The van der Waals surface area contributed by atoms with Crippen molar-refractivity contribution in [1.82, 2.24) is 4.57 Å². The van der Waals surface area contributed by atoms with E-state index < -0.39 is 5.82 Å². The Labute approximate surface area is 157 Å². The van der Waals surface area contributed by atoms with Crippen LogP contribution in [0.1, 0.15) is 28.1 Å². The molecule has 0 amide bonds. The van der Waals surface area contributed by atoms with Crippen LogP contribution in [0.4, 0.5) is 4.39 Å². The normalized spacial score (nSPS) is 11.5. The average Bonchev–Trinajstić information content (AvgIpc) is 2.90. The number of hydrogen-bond acceptors (Lipinski definition) is 1. The fourth-order valence-corrected chi connectivity index (χ4v) is 3.20. The Bertz CT molecular complexity index is 1040. The summed E-state index contributed by atoms with van der Waals surface area (Å²) in [6.45, 7) is 5.96.